The number of hydrogen-bond acceptors (Lipinski definition) is 7. The van der Waals surface area contributed by atoms with E-state index in [0.29, 0.717) is 39.7 Å². The summed E-state index contributed by atoms with van der Waals surface area (Å²) in [4.78, 5) is 25.4. The van der Waals surface area contributed by atoms with Gasteiger partial charge in [0.2, 0.25) is 5.78 Å². The quantitative estimate of drug-likeness (QED) is 0.361. The number of fused-ring (bicyclic) bond motifs is 3. The van der Waals surface area contributed by atoms with Gasteiger partial charge in [-0.3, -0.25) is 9.59 Å². The van der Waals surface area contributed by atoms with Gasteiger partial charge in [0.25, 0.3) is 0 Å². The summed E-state index contributed by atoms with van der Waals surface area (Å²) in [7, 11) is 3.05. The SMILES string of the molecule is COc1ccc(/C=C2\Oc3c(ccc4c3[C@@H](c3ccc(OC)c(O)c3)CC(=O)O4)C2=O)cc1. The Morgan fingerprint density at radius 1 is 0.970 bits per heavy atom. The highest BCUT2D eigenvalue weighted by Crippen LogP contribution is 2.49. The van der Waals surface area contributed by atoms with E-state index in [2.05, 4.69) is 0 Å². The number of aromatic hydroxyl groups is 1. The Balaban J connectivity index is 1.57. The van der Waals surface area contributed by atoms with Crippen LogP contribution in [0.5, 0.6) is 28.7 Å². The second kappa shape index (κ2) is 8.02. The molecular weight excluding hydrogens is 424 g/mol. The third kappa shape index (κ3) is 3.57. The van der Waals surface area contributed by atoms with Crippen LogP contribution in [-0.2, 0) is 4.79 Å². The largest absolute Gasteiger partial charge is 0.504 e. The Kier molecular flexibility index (Phi) is 5.01. The number of rotatable bonds is 4. The number of phenolic OH excluding ortho intramolecular Hbond substituents is 1. The fourth-order valence-electron chi connectivity index (χ4n) is 4.17. The molecule has 0 unspecified atom stereocenters. The maximum absolute atomic E-state index is 13.1. The predicted octanol–water partition coefficient (Wildman–Crippen LogP) is 4.47. The van der Waals surface area contributed by atoms with Crippen LogP contribution in [0.4, 0.5) is 0 Å². The molecule has 166 valence electrons. The summed E-state index contributed by atoms with van der Waals surface area (Å²) in [5.74, 6) is 0.761. The number of esters is 1. The smallest absolute Gasteiger partial charge is 0.312 e. The van der Waals surface area contributed by atoms with E-state index in [1.807, 2.05) is 12.1 Å². The molecule has 33 heavy (non-hydrogen) atoms. The molecule has 0 aromatic heterocycles. The Morgan fingerprint density at radius 3 is 2.45 bits per heavy atom. The minimum Gasteiger partial charge on any atom is -0.504 e. The van der Waals surface area contributed by atoms with E-state index in [9.17, 15) is 14.7 Å². The standard InChI is InChI=1S/C26H20O7/c1-30-16-6-3-14(4-7-16)11-22-25(29)17-8-10-21-24(26(17)33-22)18(13-23(28)32-21)15-5-9-20(31-2)19(27)12-15/h3-12,18,27H,13H2,1-2H3/b22-11-/t18-/m1/s1. The number of phenols is 1. The van der Waals surface area contributed by atoms with Gasteiger partial charge in [0.05, 0.1) is 26.2 Å². The molecule has 3 aromatic rings. The van der Waals surface area contributed by atoms with Crippen LogP contribution < -0.4 is 18.9 Å². The molecule has 2 aliphatic heterocycles. The molecule has 0 radical (unpaired) electrons. The molecule has 1 N–H and O–H groups in total. The lowest BCUT2D eigenvalue weighted by molar-refractivity contribution is -0.135. The minimum atomic E-state index is -0.457. The van der Waals surface area contributed by atoms with Gasteiger partial charge in [-0.15, -0.1) is 0 Å². The summed E-state index contributed by atoms with van der Waals surface area (Å²) >= 11 is 0. The van der Waals surface area contributed by atoms with Crippen LogP contribution in [0.3, 0.4) is 0 Å². The van der Waals surface area contributed by atoms with Crippen molar-refractivity contribution in [1.82, 2.24) is 0 Å². The van der Waals surface area contributed by atoms with Crippen LogP contribution in [-0.4, -0.2) is 31.1 Å². The third-order valence-corrected chi connectivity index (χ3v) is 5.80. The van der Waals surface area contributed by atoms with Gasteiger partial charge < -0.3 is 24.1 Å². The molecule has 2 heterocycles. The van der Waals surface area contributed by atoms with E-state index in [0.717, 1.165) is 5.56 Å². The molecule has 5 rings (SSSR count). The van der Waals surface area contributed by atoms with Gasteiger partial charge in [0.1, 0.15) is 17.2 Å². The average molecular weight is 444 g/mol. The van der Waals surface area contributed by atoms with Crippen molar-refractivity contribution >= 4 is 17.8 Å². The third-order valence-electron chi connectivity index (χ3n) is 5.80. The number of benzene rings is 3. The number of ketones is 1. The molecule has 0 fully saturated rings. The molecular formula is C26H20O7. The van der Waals surface area contributed by atoms with Crippen LogP contribution >= 0.6 is 0 Å². The second-order valence-electron chi connectivity index (χ2n) is 7.73. The molecule has 7 heteroatoms. The van der Waals surface area contributed by atoms with Crippen LogP contribution in [0.1, 0.15) is 39.4 Å². The first-order valence-electron chi connectivity index (χ1n) is 10.3. The van der Waals surface area contributed by atoms with Crippen LogP contribution in [0, 0.1) is 0 Å². The fraction of sp³-hybridized carbons (Fsp3) is 0.154. The lowest BCUT2D eigenvalue weighted by Gasteiger charge is -2.26. The van der Waals surface area contributed by atoms with E-state index in [1.165, 1.54) is 7.11 Å². The molecule has 0 spiro atoms. The van der Waals surface area contributed by atoms with Gasteiger partial charge in [0, 0.05) is 11.5 Å². The molecule has 7 nitrogen and oxygen atoms in total. The summed E-state index contributed by atoms with van der Waals surface area (Å²) in [6, 6.07) is 15.4. The zero-order valence-corrected chi connectivity index (χ0v) is 18.0. The molecule has 2 aliphatic rings. The molecule has 0 bridgehead atoms. The summed E-state index contributed by atoms with van der Waals surface area (Å²) in [5, 5.41) is 10.3. The molecule has 0 amide bonds. The maximum Gasteiger partial charge on any atom is 0.312 e. The first-order chi connectivity index (χ1) is 16.0. The zero-order valence-electron chi connectivity index (χ0n) is 18.0. The Labute approximate surface area is 189 Å². The summed E-state index contributed by atoms with van der Waals surface area (Å²) in [5.41, 5.74) is 2.46. The summed E-state index contributed by atoms with van der Waals surface area (Å²) in [6.45, 7) is 0. The van der Waals surface area contributed by atoms with Crippen molar-refractivity contribution in [3.63, 3.8) is 0 Å². The van der Waals surface area contributed by atoms with Crippen LogP contribution in [0.2, 0.25) is 0 Å². The van der Waals surface area contributed by atoms with Crippen molar-refractivity contribution in [1.29, 1.82) is 0 Å². The highest BCUT2D eigenvalue weighted by Gasteiger charge is 2.38. The number of methoxy groups -OCH3 is 2. The first-order valence-corrected chi connectivity index (χ1v) is 10.3. The van der Waals surface area contributed by atoms with Gasteiger partial charge >= 0.3 is 5.97 Å². The number of ether oxygens (including phenoxy) is 4. The van der Waals surface area contributed by atoms with Crippen molar-refractivity contribution in [3.05, 3.63) is 82.6 Å². The van der Waals surface area contributed by atoms with E-state index >= 15 is 0 Å². The van der Waals surface area contributed by atoms with Crippen molar-refractivity contribution in [2.75, 3.05) is 14.2 Å². The highest BCUT2D eigenvalue weighted by atomic mass is 16.5. The second-order valence-corrected chi connectivity index (χ2v) is 7.73. The van der Waals surface area contributed by atoms with Crippen molar-refractivity contribution in [2.45, 2.75) is 12.3 Å². The van der Waals surface area contributed by atoms with E-state index in [-0.39, 0.29) is 23.7 Å². The lowest BCUT2D eigenvalue weighted by atomic mass is 9.84. The summed E-state index contributed by atoms with van der Waals surface area (Å²) in [6.07, 6.45) is 1.71. The monoisotopic (exact) mass is 444 g/mol. The number of hydrogen-bond donors (Lipinski definition) is 1. The van der Waals surface area contributed by atoms with Crippen molar-refractivity contribution in [2.24, 2.45) is 0 Å². The first kappa shape index (κ1) is 20.6. The Bertz CT molecular complexity index is 1300. The van der Waals surface area contributed by atoms with Crippen LogP contribution in [0.15, 0.2) is 60.4 Å². The van der Waals surface area contributed by atoms with Gasteiger partial charge in [-0.05, 0) is 53.6 Å². The zero-order chi connectivity index (χ0) is 23.1. The molecule has 0 aliphatic carbocycles. The van der Waals surface area contributed by atoms with Gasteiger partial charge in [-0.2, -0.15) is 0 Å². The van der Waals surface area contributed by atoms with E-state index < -0.39 is 11.9 Å². The molecule has 1 atom stereocenters. The van der Waals surface area contributed by atoms with E-state index in [4.69, 9.17) is 18.9 Å². The number of Topliss-reactive ketones (excluding diaryl/α,β-unsaturated/α-hetero) is 1. The Hall–Kier alpha value is -4.26. The average Bonchev–Trinajstić information content (AvgIpc) is 3.14. The normalized spacial score (nSPS) is 17.8. The van der Waals surface area contributed by atoms with Gasteiger partial charge in [-0.25, -0.2) is 0 Å². The topological polar surface area (TPSA) is 91.3 Å². The predicted molar refractivity (Wildman–Crippen MR) is 119 cm³/mol. The van der Waals surface area contributed by atoms with Crippen LogP contribution in [0.25, 0.3) is 6.08 Å². The highest BCUT2D eigenvalue weighted by molar-refractivity contribution is 6.15. The molecule has 0 saturated heterocycles. The van der Waals surface area contributed by atoms with Gasteiger partial charge in [-0.1, -0.05) is 18.2 Å². The number of carbonyl (C=O) groups is 2. The molecule has 3 aromatic carbocycles. The summed E-state index contributed by atoms with van der Waals surface area (Å²) < 4.78 is 21.8. The Morgan fingerprint density at radius 2 is 1.76 bits per heavy atom. The fourth-order valence-corrected chi connectivity index (χ4v) is 4.17. The number of allylic oxidation sites excluding steroid dienone is 1. The van der Waals surface area contributed by atoms with E-state index in [1.54, 1.807) is 55.7 Å². The van der Waals surface area contributed by atoms with Crippen molar-refractivity contribution in [3.8, 4) is 28.7 Å². The maximum atomic E-state index is 13.1. The van der Waals surface area contributed by atoms with Gasteiger partial charge in [0.15, 0.2) is 17.3 Å². The van der Waals surface area contributed by atoms with Crippen molar-refractivity contribution < 1.29 is 33.6 Å². The number of carbonyl (C=O) groups excluding carboxylic acids is 2. The minimum absolute atomic E-state index is 0.0415. The molecule has 0 saturated carbocycles. The lowest BCUT2D eigenvalue weighted by Crippen LogP contribution is -2.21.